The molecular formula is C16H24N6O2. The maximum atomic E-state index is 5.65. The van der Waals surface area contributed by atoms with E-state index in [0.717, 1.165) is 43.4 Å². The average molecular weight is 332 g/mol. The molecule has 0 aromatic carbocycles. The van der Waals surface area contributed by atoms with Gasteiger partial charge in [0, 0.05) is 20.2 Å². The molecule has 1 unspecified atom stereocenters. The maximum Gasteiger partial charge on any atom is 0.192 e. The molecule has 1 fully saturated rings. The molecule has 1 aliphatic heterocycles. The van der Waals surface area contributed by atoms with Crippen LogP contribution in [0.15, 0.2) is 27.8 Å². The van der Waals surface area contributed by atoms with Crippen LogP contribution < -0.4 is 10.6 Å². The van der Waals surface area contributed by atoms with E-state index in [9.17, 15) is 0 Å². The smallest absolute Gasteiger partial charge is 0.192 e. The van der Waals surface area contributed by atoms with E-state index < -0.39 is 0 Å². The highest BCUT2D eigenvalue weighted by molar-refractivity contribution is 5.79. The zero-order valence-corrected chi connectivity index (χ0v) is 14.2. The van der Waals surface area contributed by atoms with E-state index in [2.05, 4.69) is 25.8 Å². The van der Waals surface area contributed by atoms with Crippen LogP contribution in [0, 0.1) is 6.92 Å². The van der Waals surface area contributed by atoms with Crippen LogP contribution >= 0.6 is 0 Å². The van der Waals surface area contributed by atoms with Crippen LogP contribution in [-0.2, 0) is 24.9 Å². The Morgan fingerprint density at radius 1 is 1.42 bits per heavy atom. The van der Waals surface area contributed by atoms with Crippen LogP contribution in [0.3, 0.4) is 0 Å². The maximum absolute atomic E-state index is 5.65. The third-order valence-electron chi connectivity index (χ3n) is 4.09. The Balaban J connectivity index is 1.60. The summed E-state index contributed by atoms with van der Waals surface area (Å²) in [6.45, 7) is 4.53. The van der Waals surface area contributed by atoms with Crippen molar-refractivity contribution in [1.29, 1.82) is 0 Å². The Hall–Kier alpha value is -2.35. The first kappa shape index (κ1) is 16.5. The molecule has 0 aliphatic carbocycles. The van der Waals surface area contributed by atoms with Crippen LogP contribution in [0.2, 0.25) is 0 Å². The molecule has 8 nitrogen and oxygen atoms in total. The third-order valence-corrected chi connectivity index (χ3v) is 4.09. The van der Waals surface area contributed by atoms with Crippen LogP contribution in [-0.4, -0.2) is 40.0 Å². The van der Waals surface area contributed by atoms with E-state index in [-0.39, 0.29) is 6.10 Å². The number of hydrogen-bond donors (Lipinski definition) is 2. The highest BCUT2D eigenvalue weighted by Gasteiger charge is 2.15. The van der Waals surface area contributed by atoms with Gasteiger partial charge < -0.3 is 24.4 Å². The van der Waals surface area contributed by atoms with Gasteiger partial charge in [-0.3, -0.25) is 0 Å². The molecule has 3 rings (SSSR count). The Morgan fingerprint density at radius 3 is 3.00 bits per heavy atom. The van der Waals surface area contributed by atoms with Gasteiger partial charge in [-0.25, -0.2) is 4.99 Å². The van der Waals surface area contributed by atoms with E-state index in [1.54, 1.807) is 6.26 Å². The zero-order chi connectivity index (χ0) is 16.8. The van der Waals surface area contributed by atoms with Crippen LogP contribution in [0.4, 0.5) is 0 Å². The minimum Gasteiger partial charge on any atom is -0.467 e. The molecule has 0 amide bonds. The van der Waals surface area contributed by atoms with Gasteiger partial charge in [-0.05, 0) is 31.9 Å². The van der Waals surface area contributed by atoms with Crippen molar-refractivity contribution in [2.45, 2.75) is 39.0 Å². The summed E-state index contributed by atoms with van der Waals surface area (Å²) in [5.74, 6) is 3.26. The van der Waals surface area contributed by atoms with Crippen molar-refractivity contribution in [3.63, 3.8) is 0 Å². The van der Waals surface area contributed by atoms with Gasteiger partial charge in [0.25, 0.3) is 0 Å². The van der Waals surface area contributed by atoms with Crippen molar-refractivity contribution in [2.24, 2.45) is 12.0 Å². The van der Waals surface area contributed by atoms with E-state index in [1.807, 2.05) is 30.7 Å². The van der Waals surface area contributed by atoms with Gasteiger partial charge >= 0.3 is 0 Å². The number of furan rings is 1. The molecule has 2 aromatic rings. The summed E-state index contributed by atoms with van der Waals surface area (Å²) in [7, 11) is 1.94. The monoisotopic (exact) mass is 332 g/mol. The number of aryl methyl sites for hydroxylation is 1. The van der Waals surface area contributed by atoms with Crippen LogP contribution in [0.5, 0.6) is 0 Å². The molecule has 3 heterocycles. The summed E-state index contributed by atoms with van der Waals surface area (Å²) < 4.78 is 12.9. The highest BCUT2D eigenvalue weighted by Crippen LogP contribution is 2.10. The Kier molecular flexibility index (Phi) is 5.47. The summed E-state index contributed by atoms with van der Waals surface area (Å²) in [6.07, 6.45) is 4.12. The molecule has 1 aliphatic rings. The van der Waals surface area contributed by atoms with E-state index in [0.29, 0.717) is 19.0 Å². The number of aromatic nitrogens is 3. The molecule has 0 spiro atoms. The predicted octanol–water partition coefficient (Wildman–Crippen LogP) is 1.13. The van der Waals surface area contributed by atoms with Gasteiger partial charge in [-0.1, -0.05) is 0 Å². The van der Waals surface area contributed by atoms with Gasteiger partial charge in [0.2, 0.25) is 0 Å². The lowest BCUT2D eigenvalue weighted by Crippen LogP contribution is -2.40. The topological polar surface area (TPSA) is 89.5 Å². The number of hydrogen-bond acceptors (Lipinski definition) is 5. The largest absolute Gasteiger partial charge is 0.467 e. The molecule has 0 saturated carbocycles. The number of aliphatic imine (C=N–C) groups is 1. The molecule has 0 bridgehead atoms. The number of nitrogens with one attached hydrogen (secondary N) is 2. The first-order valence-electron chi connectivity index (χ1n) is 8.23. The first-order valence-corrected chi connectivity index (χ1v) is 8.23. The summed E-state index contributed by atoms with van der Waals surface area (Å²) >= 11 is 0. The Morgan fingerprint density at radius 2 is 2.33 bits per heavy atom. The van der Waals surface area contributed by atoms with Crippen molar-refractivity contribution in [3.05, 3.63) is 35.8 Å². The Labute approximate surface area is 141 Å². The normalized spacial score (nSPS) is 18.1. The van der Waals surface area contributed by atoms with Crippen LogP contribution in [0.25, 0.3) is 0 Å². The predicted molar refractivity (Wildman–Crippen MR) is 89.4 cm³/mol. The lowest BCUT2D eigenvalue weighted by molar-refractivity contribution is 0.113. The van der Waals surface area contributed by atoms with Crippen molar-refractivity contribution < 1.29 is 9.15 Å². The van der Waals surface area contributed by atoms with Crippen molar-refractivity contribution in [1.82, 2.24) is 25.4 Å². The fourth-order valence-corrected chi connectivity index (χ4v) is 2.51. The lowest BCUT2D eigenvalue weighted by Gasteiger charge is -2.15. The first-order chi connectivity index (χ1) is 11.7. The molecule has 130 valence electrons. The second-order valence-corrected chi connectivity index (χ2v) is 5.84. The average Bonchev–Trinajstić information content (AvgIpc) is 3.33. The molecule has 2 N–H and O–H groups in total. The lowest BCUT2D eigenvalue weighted by atomic mass is 10.2. The number of rotatable bonds is 6. The molecule has 1 saturated heterocycles. The summed E-state index contributed by atoms with van der Waals surface area (Å²) in [6, 6.07) is 3.80. The van der Waals surface area contributed by atoms with Gasteiger partial charge in [-0.2, -0.15) is 0 Å². The van der Waals surface area contributed by atoms with E-state index >= 15 is 0 Å². The minimum absolute atomic E-state index is 0.248. The SMILES string of the molecule is Cc1nnc(CN=C(NCc2ccco2)NCC2CCCO2)n1C. The molecule has 24 heavy (non-hydrogen) atoms. The third kappa shape index (κ3) is 4.35. The zero-order valence-electron chi connectivity index (χ0n) is 14.2. The number of nitrogens with zero attached hydrogens (tertiary/aromatic N) is 4. The molecule has 8 heteroatoms. The summed E-state index contributed by atoms with van der Waals surface area (Å²) in [5.41, 5.74) is 0. The fourth-order valence-electron chi connectivity index (χ4n) is 2.51. The van der Waals surface area contributed by atoms with Crippen molar-refractivity contribution >= 4 is 5.96 Å². The molecule has 0 radical (unpaired) electrons. The number of guanidine groups is 1. The van der Waals surface area contributed by atoms with Crippen molar-refractivity contribution in [2.75, 3.05) is 13.2 Å². The van der Waals surface area contributed by atoms with Crippen LogP contribution in [0.1, 0.15) is 30.3 Å². The van der Waals surface area contributed by atoms with E-state index in [1.165, 1.54) is 0 Å². The van der Waals surface area contributed by atoms with Gasteiger partial charge in [0.1, 0.15) is 18.1 Å². The molecule has 1 atom stereocenters. The van der Waals surface area contributed by atoms with Crippen molar-refractivity contribution in [3.8, 4) is 0 Å². The summed E-state index contributed by atoms with van der Waals surface area (Å²) in [4.78, 5) is 4.60. The second kappa shape index (κ2) is 7.96. The van der Waals surface area contributed by atoms with E-state index in [4.69, 9.17) is 9.15 Å². The Bertz CT molecular complexity index is 658. The van der Waals surface area contributed by atoms with Gasteiger partial charge in [-0.15, -0.1) is 10.2 Å². The van der Waals surface area contributed by atoms with Gasteiger partial charge in [0.15, 0.2) is 11.8 Å². The molecular weight excluding hydrogens is 308 g/mol. The fraction of sp³-hybridized carbons (Fsp3) is 0.562. The molecule has 2 aromatic heterocycles. The second-order valence-electron chi connectivity index (χ2n) is 5.84. The van der Waals surface area contributed by atoms with Gasteiger partial charge in [0.05, 0.1) is 18.9 Å². The number of ether oxygens (including phenoxy) is 1. The minimum atomic E-state index is 0.248. The summed E-state index contributed by atoms with van der Waals surface area (Å²) in [5, 5.41) is 14.8. The quantitative estimate of drug-likeness (QED) is 0.609. The standard InChI is InChI=1S/C16H24N6O2/c1-12-20-21-15(22(12)2)11-19-16(17-9-13-5-3-7-23-13)18-10-14-6-4-8-24-14/h3,5,7,14H,4,6,8-11H2,1-2H3,(H2,17,18,19). The highest BCUT2D eigenvalue weighted by atomic mass is 16.5.